The largest absolute Gasteiger partial charge is 0.371 e. The topological polar surface area (TPSA) is 21.3 Å². The third-order valence-corrected chi connectivity index (χ3v) is 3.76. The summed E-state index contributed by atoms with van der Waals surface area (Å²) in [5.41, 5.74) is -0.0229. The first kappa shape index (κ1) is 16.0. The van der Waals surface area contributed by atoms with Crippen LogP contribution in [0.5, 0.6) is 0 Å². The van der Waals surface area contributed by atoms with Crippen molar-refractivity contribution in [3.05, 3.63) is 0 Å². The molecule has 0 spiro atoms. The second-order valence-electron chi connectivity index (χ2n) is 6.80. The van der Waals surface area contributed by atoms with E-state index in [1.165, 1.54) is 38.5 Å². The maximum absolute atomic E-state index is 6.30. The van der Waals surface area contributed by atoms with Crippen LogP contribution in [0.4, 0.5) is 0 Å². The van der Waals surface area contributed by atoms with E-state index < -0.39 is 0 Å². The van der Waals surface area contributed by atoms with Crippen molar-refractivity contribution in [2.45, 2.75) is 90.9 Å². The first-order valence-electron chi connectivity index (χ1n) is 7.87. The molecule has 0 amide bonds. The number of ether oxygens (including phenoxy) is 1. The van der Waals surface area contributed by atoms with E-state index in [2.05, 4.69) is 39.9 Å². The first-order valence-corrected chi connectivity index (χ1v) is 7.87. The Bertz CT molecular complexity index is 222. The quantitative estimate of drug-likeness (QED) is 0.770. The third kappa shape index (κ3) is 5.71. The molecule has 1 saturated carbocycles. The molecule has 2 nitrogen and oxygen atoms in total. The minimum atomic E-state index is -0.0229. The number of rotatable bonds is 6. The van der Waals surface area contributed by atoms with Gasteiger partial charge in [0.2, 0.25) is 0 Å². The monoisotopic (exact) mass is 255 g/mol. The van der Waals surface area contributed by atoms with Gasteiger partial charge >= 0.3 is 0 Å². The van der Waals surface area contributed by atoms with Crippen LogP contribution in [0.2, 0.25) is 0 Å². The van der Waals surface area contributed by atoms with Gasteiger partial charge in [0.25, 0.3) is 0 Å². The van der Waals surface area contributed by atoms with Gasteiger partial charge in [0.15, 0.2) is 0 Å². The predicted octanol–water partition coefficient (Wildman–Crippen LogP) is 4.14. The molecule has 108 valence electrons. The van der Waals surface area contributed by atoms with Gasteiger partial charge in [-0.2, -0.15) is 0 Å². The Kier molecular flexibility index (Phi) is 6.65. The lowest BCUT2D eigenvalue weighted by Gasteiger charge is -2.40. The van der Waals surface area contributed by atoms with Crippen LogP contribution >= 0.6 is 0 Å². The van der Waals surface area contributed by atoms with E-state index in [9.17, 15) is 0 Å². The number of hydrogen-bond acceptors (Lipinski definition) is 2. The van der Waals surface area contributed by atoms with Crippen LogP contribution in [0.25, 0.3) is 0 Å². The molecule has 1 fully saturated rings. The van der Waals surface area contributed by atoms with Gasteiger partial charge in [-0.3, -0.25) is 0 Å². The highest BCUT2D eigenvalue weighted by Crippen LogP contribution is 2.32. The van der Waals surface area contributed by atoms with E-state index in [-0.39, 0.29) is 5.60 Å². The van der Waals surface area contributed by atoms with Crippen molar-refractivity contribution in [1.29, 1.82) is 0 Å². The third-order valence-electron chi connectivity index (χ3n) is 3.76. The summed E-state index contributed by atoms with van der Waals surface area (Å²) in [5.74, 6) is 0.877. The van der Waals surface area contributed by atoms with Crippen molar-refractivity contribution >= 4 is 0 Å². The van der Waals surface area contributed by atoms with Gasteiger partial charge in [-0.15, -0.1) is 0 Å². The molecule has 0 aromatic heterocycles. The maximum Gasteiger partial charge on any atom is 0.0737 e. The van der Waals surface area contributed by atoms with Crippen LogP contribution in [0.15, 0.2) is 0 Å². The van der Waals surface area contributed by atoms with Crippen LogP contribution in [0.3, 0.4) is 0 Å². The smallest absolute Gasteiger partial charge is 0.0737 e. The summed E-state index contributed by atoms with van der Waals surface area (Å²) in [4.78, 5) is 0. The molecule has 2 heteroatoms. The molecule has 0 bridgehead atoms. The van der Waals surface area contributed by atoms with Crippen LogP contribution in [0, 0.1) is 5.92 Å². The molecular formula is C16H33NO. The minimum absolute atomic E-state index is 0.0229. The molecule has 3 unspecified atom stereocenters. The van der Waals surface area contributed by atoms with Crippen molar-refractivity contribution in [2.24, 2.45) is 5.92 Å². The van der Waals surface area contributed by atoms with Gasteiger partial charge in [0.05, 0.1) is 11.7 Å². The van der Waals surface area contributed by atoms with E-state index in [1.807, 2.05) is 0 Å². The fraction of sp³-hybridized carbons (Fsp3) is 1.00. The summed E-state index contributed by atoms with van der Waals surface area (Å²) in [6, 6.07) is 0.567. The van der Waals surface area contributed by atoms with E-state index in [0.29, 0.717) is 12.1 Å². The van der Waals surface area contributed by atoms with Crippen LogP contribution in [-0.4, -0.2) is 24.3 Å². The van der Waals surface area contributed by atoms with Gasteiger partial charge in [-0.25, -0.2) is 0 Å². The van der Waals surface area contributed by atoms with Gasteiger partial charge in [-0.05, 0) is 58.9 Å². The highest BCUT2D eigenvalue weighted by molar-refractivity contribution is 4.87. The molecule has 0 heterocycles. The highest BCUT2D eigenvalue weighted by atomic mass is 16.5. The second-order valence-corrected chi connectivity index (χ2v) is 6.80. The summed E-state index contributed by atoms with van der Waals surface area (Å²) in [5, 5.41) is 3.68. The van der Waals surface area contributed by atoms with E-state index >= 15 is 0 Å². The van der Waals surface area contributed by atoms with Crippen molar-refractivity contribution in [3.63, 3.8) is 0 Å². The summed E-state index contributed by atoms with van der Waals surface area (Å²) >= 11 is 0. The molecular weight excluding hydrogens is 222 g/mol. The molecule has 3 atom stereocenters. The molecule has 0 aromatic carbocycles. The zero-order chi connectivity index (χ0) is 13.6. The van der Waals surface area contributed by atoms with Crippen molar-refractivity contribution in [2.75, 3.05) is 6.54 Å². The average molecular weight is 255 g/mol. The summed E-state index contributed by atoms with van der Waals surface area (Å²) in [7, 11) is 0. The normalized spacial score (nSPS) is 29.5. The van der Waals surface area contributed by atoms with Gasteiger partial charge in [0, 0.05) is 6.04 Å². The fourth-order valence-electron chi connectivity index (χ4n) is 3.03. The first-order chi connectivity index (χ1) is 8.46. The van der Waals surface area contributed by atoms with Crippen molar-refractivity contribution in [1.82, 2.24) is 5.32 Å². The molecule has 0 aliphatic heterocycles. The molecule has 1 aliphatic carbocycles. The fourth-order valence-corrected chi connectivity index (χ4v) is 3.03. The van der Waals surface area contributed by atoms with Crippen molar-refractivity contribution < 1.29 is 4.74 Å². The summed E-state index contributed by atoms with van der Waals surface area (Å²) in [6.07, 6.45) is 8.18. The Morgan fingerprint density at radius 3 is 2.39 bits per heavy atom. The molecule has 0 radical (unpaired) electrons. The molecule has 1 aliphatic rings. The lowest BCUT2D eigenvalue weighted by atomic mass is 9.81. The Morgan fingerprint density at radius 1 is 1.11 bits per heavy atom. The standard InChI is InChI=1S/C16H33NO/c1-6-8-13-9-10-14(17-11-7-2)15(12-13)18-16(3,4)5/h13-15,17H,6-12H2,1-5H3. The average Bonchev–Trinajstić information content (AvgIpc) is 2.26. The van der Waals surface area contributed by atoms with Crippen molar-refractivity contribution in [3.8, 4) is 0 Å². The second kappa shape index (κ2) is 7.49. The van der Waals surface area contributed by atoms with Crippen LogP contribution in [-0.2, 0) is 4.74 Å². The van der Waals surface area contributed by atoms with Gasteiger partial charge in [-0.1, -0.05) is 26.7 Å². The predicted molar refractivity (Wildman–Crippen MR) is 79.0 cm³/mol. The lowest BCUT2D eigenvalue weighted by molar-refractivity contribution is -0.0957. The zero-order valence-electron chi connectivity index (χ0n) is 13.1. The molecule has 0 saturated heterocycles. The Balaban J connectivity index is 2.55. The van der Waals surface area contributed by atoms with E-state index in [1.54, 1.807) is 0 Å². The molecule has 0 aromatic rings. The van der Waals surface area contributed by atoms with Gasteiger partial charge in [0.1, 0.15) is 0 Å². The Hall–Kier alpha value is -0.0800. The van der Waals surface area contributed by atoms with Crippen LogP contribution < -0.4 is 5.32 Å². The lowest BCUT2D eigenvalue weighted by Crippen LogP contribution is -2.48. The zero-order valence-corrected chi connectivity index (χ0v) is 13.1. The van der Waals surface area contributed by atoms with Gasteiger partial charge < -0.3 is 10.1 Å². The maximum atomic E-state index is 6.30. The molecule has 18 heavy (non-hydrogen) atoms. The Morgan fingerprint density at radius 2 is 1.83 bits per heavy atom. The molecule has 1 N–H and O–H groups in total. The summed E-state index contributed by atoms with van der Waals surface area (Å²) in [6.45, 7) is 12.2. The Labute approximate surface area is 114 Å². The van der Waals surface area contributed by atoms with Crippen LogP contribution in [0.1, 0.15) is 73.1 Å². The summed E-state index contributed by atoms with van der Waals surface area (Å²) < 4.78 is 6.30. The van der Waals surface area contributed by atoms with E-state index in [4.69, 9.17) is 4.74 Å². The number of hydrogen-bond donors (Lipinski definition) is 1. The minimum Gasteiger partial charge on any atom is -0.371 e. The SMILES string of the molecule is CCCNC1CCC(CCC)CC1OC(C)(C)C. The number of nitrogens with one attached hydrogen (secondary N) is 1. The molecule has 1 rings (SSSR count). The van der Waals surface area contributed by atoms with E-state index in [0.717, 1.165) is 12.5 Å². The highest BCUT2D eigenvalue weighted by Gasteiger charge is 2.32.